The van der Waals surface area contributed by atoms with E-state index in [1.165, 1.54) is 5.48 Å². The third-order valence-corrected chi connectivity index (χ3v) is 3.65. The van der Waals surface area contributed by atoms with Gasteiger partial charge < -0.3 is 11.1 Å². The molecule has 0 radical (unpaired) electrons. The molecule has 1 atom stereocenters. The van der Waals surface area contributed by atoms with E-state index in [1.54, 1.807) is 36.4 Å². The first-order valence-corrected chi connectivity index (χ1v) is 8.24. The van der Waals surface area contributed by atoms with Gasteiger partial charge in [0.25, 0.3) is 11.8 Å². The highest BCUT2D eigenvalue weighted by atomic mass is 35.5. The molecular formula is C20H16ClN3O3. The Morgan fingerprint density at radius 2 is 1.74 bits per heavy atom. The number of carbonyl (C=O) groups excluding carboxylic acids is 2. The quantitative estimate of drug-likeness (QED) is 0.364. The number of hydrogen-bond acceptors (Lipinski definition) is 4. The van der Waals surface area contributed by atoms with Gasteiger partial charge in [-0.3, -0.25) is 14.8 Å². The number of rotatable bonds is 4. The Labute approximate surface area is 161 Å². The molecule has 136 valence electrons. The molecule has 0 unspecified atom stereocenters. The van der Waals surface area contributed by atoms with Crippen LogP contribution >= 0.6 is 11.6 Å². The van der Waals surface area contributed by atoms with E-state index >= 15 is 0 Å². The molecule has 2 aromatic rings. The maximum Gasteiger partial charge on any atom is 0.267 e. The van der Waals surface area contributed by atoms with Crippen molar-refractivity contribution in [2.24, 2.45) is 5.73 Å². The zero-order valence-corrected chi connectivity index (χ0v) is 14.9. The summed E-state index contributed by atoms with van der Waals surface area (Å²) >= 11 is 5.88. The van der Waals surface area contributed by atoms with Crippen LogP contribution in [0.2, 0.25) is 5.02 Å². The van der Waals surface area contributed by atoms with Gasteiger partial charge in [0, 0.05) is 28.3 Å². The van der Waals surface area contributed by atoms with Gasteiger partial charge in [0.2, 0.25) is 0 Å². The summed E-state index contributed by atoms with van der Waals surface area (Å²) in [6.07, 6.45) is 0. The van der Waals surface area contributed by atoms with E-state index in [2.05, 4.69) is 29.0 Å². The van der Waals surface area contributed by atoms with Crippen LogP contribution in [0.4, 0.5) is 0 Å². The Morgan fingerprint density at radius 3 is 2.33 bits per heavy atom. The Bertz CT molecular complexity index is 950. The summed E-state index contributed by atoms with van der Waals surface area (Å²) in [7, 11) is 0. The lowest BCUT2D eigenvalue weighted by molar-refractivity contribution is -0.130. The average Bonchev–Trinajstić information content (AvgIpc) is 2.69. The highest BCUT2D eigenvalue weighted by Crippen LogP contribution is 2.09. The summed E-state index contributed by atoms with van der Waals surface area (Å²) in [6, 6.07) is 12.6. The van der Waals surface area contributed by atoms with Gasteiger partial charge in [-0.25, -0.2) is 5.48 Å². The van der Waals surface area contributed by atoms with E-state index in [0.29, 0.717) is 16.1 Å². The standard InChI is InChI=1S/C20H16ClN3O3/c21-17-7-3-6-15(12-17)5-2-1-4-14-8-10-16(11-9-14)19(25)23-18(13-22)20(26)24-27/h3,6-12,18,27H,13,22H2,(H,23,25)(H,24,26)/t18-/m0/s1. The number of nitrogens with one attached hydrogen (secondary N) is 2. The van der Waals surface area contributed by atoms with Crippen LogP contribution in [0, 0.1) is 23.7 Å². The number of hydroxylamine groups is 1. The minimum atomic E-state index is -1.02. The van der Waals surface area contributed by atoms with Crippen molar-refractivity contribution >= 4 is 23.4 Å². The topological polar surface area (TPSA) is 104 Å². The lowest BCUT2D eigenvalue weighted by Crippen LogP contribution is -2.50. The van der Waals surface area contributed by atoms with Crippen LogP contribution < -0.4 is 16.5 Å². The van der Waals surface area contributed by atoms with Gasteiger partial charge in [-0.05, 0) is 54.3 Å². The maximum absolute atomic E-state index is 12.1. The molecule has 0 aliphatic rings. The molecule has 0 heterocycles. The van der Waals surface area contributed by atoms with Crippen molar-refractivity contribution in [3.8, 4) is 23.7 Å². The van der Waals surface area contributed by atoms with Gasteiger partial charge in [0.05, 0.1) is 0 Å². The van der Waals surface area contributed by atoms with Gasteiger partial charge in [-0.1, -0.05) is 29.5 Å². The Kier molecular flexibility index (Phi) is 7.42. The second kappa shape index (κ2) is 10.0. The molecule has 0 bridgehead atoms. The predicted octanol–water partition coefficient (Wildman–Crippen LogP) is 1.31. The van der Waals surface area contributed by atoms with Gasteiger partial charge >= 0.3 is 0 Å². The summed E-state index contributed by atoms with van der Waals surface area (Å²) in [5.74, 6) is 9.95. The van der Waals surface area contributed by atoms with E-state index in [1.807, 2.05) is 12.1 Å². The van der Waals surface area contributed by atoms with Crippen molar-refractivity contribution in [3.63, 3.8) is 0 Å². The van der Waals surface area contributed by atoms with Crippen molar-refractivity contribution in [1.82, 2.24) is 10.8 Å². The van der Waals surface area contributed by atoms with Gasteiger partial charge in [-0.2, -0.15) is 0 Å². The number of hydrogen-bond donors (Lipinski definition) is 4. The first-order chi connectivity index (χ1) is 13.0. The number of carbonyl (C=O) groups is 2. The van der Waals surface area contributed by atoms with Crippen molar-refractivity contribution in [3.05, 3.63) is 70.2 Å². The van der Waals surface area contributed by atoms with E-state index in [-0.39, 0.29) is 6.54 Å². The number of amides is 2. The summed E-state index contributed by atoms with van der Waals surface area (Å²) in [5, 5.41) is 11.6. The molecule has 0 spiro atoms. The second-order valence-electron chi connectivity index (χ2n) is 5.33. The molecule has 2 rings (SSSR count). The molecule has 6 nitrogen and oxygen atoms in total. The first-order valence-electron chi connectivity index (χ1n) is 7.86. The smallest absolute Gasteiger partial charge is 0.267 e. The molecule has 5 N–H and O–H groups in total. The monoisotopic (exact) mass is 381 g/mol. The normalized spacial score (nSPS) is 10.5. The SMILES string of the molecule is NC[C@H](NC(=O)c1ccc(C#CC#Cc2cccc(Cl)c2)cc1)C(=O)NO. The fraction of sp³-hybridized carbons (Fsp3) is 0.100. The van der Waals surface area contributed by atoms with Gasteiger partial charge in [0.1, 0.15) is 6.04 Å². The summed E-state index contributed by atoms with van der Waals surface area (Å²) in [5.41, 5.74) is 8.62. The molecule has 0 fully saturated rings. The average molecular weight is 382 g/mol. The maximum atomic E-state index is 12.1. The number of benzene rings is 2. The summed E-state index contributed by atoms with van der Waals surface area (Å²) in [4.78, 5) is 23.4. The Morgan fingerprint density at radius 1 is 1.07 bits per heavy atom. The molecule has 7 heteroatoms. The summed E-state index contributed by atoms with van der Waals surface area (Å²) < 4.78 is 0. The molecule has 0 saturated carbocycles. The molecule has 2 amide bonds. The third-order valence-electron chi connectivity index (χ3n) is 3.42. The van der Waals surface area contributed by atoms with E-state index < -0.39 is 17.9 Å². The van der Waals surface area contributed by atoms with E-state index in [0.717, 1.165) is 5.56 Å². The highest BCUT2D eigenvalue weighted by Gasteiger charge is 2.19. The van der Waals surface area contributed by atoms with Crippen molar-refractivity contribution in [2.45, 2.75) is 6.04 Å². The second-order valence-corrected chi connectivity index (χ2v) is 5.76. The van der Waals surface area contributed by atoms with Crippen LogP contribution in [-0.4, -0.2) is 29.6 Å². The van der Waals surface area contributed by atoms with Crippen LogP contribution in [0.15, 0.2) is 48.5 Å². The van der Waals surface area contributed by atoms with Gasteiger partial charge in [0.15, 0.2) is 0 Å². The van der Waals surface area contributed by atoms with Crippen LogP contribution in [0.25, 0.3) is 0 Å². The van der Waals surface area contributed by atoms with Crippen LogP contribution in [0.1, 0.15) is 21.5 Å². The zero-order valence-electron chi connectivity index (χ0n) is 14.1. The van der Waals surface area contributed by atoms with Crippen molar-refractivity contribution in [2.75, 3.05) is 6.54 Å². The fourth-order valence-electron chi connectivity index (χ4n) is 2.03. The highest BCUT2D eigenvalue weighted by molar-refractivity contribution is 6.30. The van der Waals surface area contributed by atoms with Gasteiger partial charge in [-0.15, -0.1) is 0 Å². The fourth-order valence-corrected chi connectivity index (χ4v) is 2.22. The van der Waals surface area contributed by atoms with E-state index in [4.69, 9.17) is 22.5 Å². The summed E-state index contributed by atoms with van der Waals surface area (Å²) in [6.45, 7) is -0.146. The Hall–Kier alpha value is -3.29. The molecular weight excluding hydrogens is 366 g/mol. The van der Waals surface area contributed by atoms with E-state index in [9.17, 15) is 9.59 Å². The third kappa shape index (κ3) is 6.18. The molecule has 2 aromatic carbocycles. The molecule has 0 saturated heterocycles. The number of halogens is 1. The largest absolute Gasteiger partial charge is 0.339 e. The lowest BCUT2D eigenvalue weighted by atomic mass is 10.1. The van der Waals surface area contributed by atoms with Crippen molar-refractivity contribution < 1.29 is 14.8 Å². The van der Waals surface area contributed by atoms with Crippen LogP contribution in [0.3, 0.4) is 0 Å². The predicted molar refractivity (Wildman–Crippen MR) is 102 cm³/mol. The first kappa shape index (κ1) is 20.0. The van der Waals surface area contributed by atoms with Crippen molar-refractivity contribution in [1.29, 1.82) is 0 Å². The zero-order chi connectivity index (χ0) is 19.6. The Balaban J connectivity index is 2.02. The van der Waals surface area contributed by atoms with Crippen LogP contribution in [0.5, 0.6) is 0 Å². The minimum Gasteiger partial charge on any atom is -0.339 e. The molecule has 0 aliphatic carbocycles. The molecule has 27 heavy (non-hydrogen) atoms. The number of nitrogens with two attached hydrogens (primary N) is 1. The molecule has 0 aliphatic heterocycles. The molecule has 0 aromatic heterocycles. The lowest BCUT2D eigenvalue weighted by Gasteiger charge is -2.14. The minimum absolute atomic E-state index is 0.146. The van der Waals surface area contributed by atoms with Crippen LogP contribution in [-0.2, 0) is 4.79 Å².